The van der Waals surface area contributed by atoms with Crippen molar-refractivity contribution < 1.29 is 0 Å². The van der Waals surface area contributed by atoms with E-state index in [2.05, 4.69) is 25.1 Å². The molecule has 0 saturated heterocycles. The van der Waals surface area contributed by atoms with E-state index >= 15 is 0 Å². The second-order valence-corrected chi connectivity index (χ2v) is 5.42. The van der Waals surface area contributed by atoms with Crippen LogP contribution in [0.2, 0.25) is 0 Å². The molecular formula is C12H20N6S. The van der Waals surface area contributed by atoms with E-state index in [-0.39, 0.29) is 0 Å². The standard InChI is InChI=1S/C12H20N6S/c1-10-14-5-7-18(10)6-4-8-19-12-16-15-11(9-13-2)17(12)3/h5,7,13H,4,6,8-9H2,1-3H3. The van der Waals surface area contributed by atoms with Crippen LogP contribution in [0.4, 0.5) is 0 Å². The Kier molecular flexibility index (Phi) is 4.98. The lowest BCUT2D eigenvalue weighted by molar-refractivity contribution is 0.659. The van der Waals surface area contributed by atoms with E-state index in [0.29, 0.717) is 0 Å². The van der Waals surface area contributed by atoms with Gasteiger partial charge >= 0.3 is 0 Å². The average Bonchev–Trinajstić information content (AvgIpc) is 2.95. The third kappa shape index (κ3) is 3.57. The lowest BCUT2D eigenvalue weighted by Gasteiger charge is -2.05. The highest BCUT2D eigenvalue weighted by Crippen LogP contribution is 2.16. The summed E-state index contributed by atoms with van der Waals surface area (Å²) in [5.41, 5.74) is 0. The molecule has 2 aromatic rings. The highest BCUT2D eigenvalue weighted by molar-refractivity contribution is 7.99. The van der Waals surface area contributed by atoms with Crippen molar-refractivity contribution in [2.24, 2.45) is 7.05 Å². The van der Waals surface area contributed by atoms with Crippen LogP contribution in [0.15, 0.2) is 17.6 Å². The summed E-state index contributed by atoms with van der Waals surface area (Å²) in [5.74, 6) is 3.07. The summed E-state index contributed by atoms with van der Waals surface area (Å²) >= 11 is 1.75. The highest BCUT2D eigenvalue weighted by Gasteiger charge is 2.07. The molecule has 0 aromatic carbocycles. The maximum atomic E-state index is 4.21. The largest absolute Gasteiger partial charge is 0.335 e. The first-order valence-electron chi connectivity index (χ1n) is 6.35. The Morgan fingerprint density at radius 1 is 1.37 bits per heavy atom. The number of aromatic nitrogens is 5. The lowest BCUT2D eigenvalue weighted by Crippen LogP contribution is -2.10. The van der Waals surface area contributed by atoms with Crippen LogP contribution in [0.1, 0.15) is 18.1 Å². The molecule has 0 saturated carbocycles. The van der Waals surface area contributed by atoms with E-state index < -0.39 is 0 Å². The fourth-order valence-corrected chi connectivity index (χ4v) is 2.67. The van der Waals surface area contributed by atoms with Crippen LogP contribution in [0.5, 0.6) is 0 Å². The zero-order chi connectivity index (χ0) is 13.7. The lowest BCUT2D eigenvalue weighted by atomic mass is 10.4. The molecule has 0 fully saturated rings. The molecule has 0 bridgehead atoms. The number of nitrogens with one attached hydrogen (secondary N) is 1. The zero-order valence-corrected chi connectivity index (χ0v) is 12.4. The number of aryl methyl sites for hydroxylation is 2. The number of imidazole rings is 1. The molecule has 0 amide bonds. The van der Waals surface area contributed by atoms with Crippen LogP contribution >= 0.6 is 11.8 Å². The van der Waals surface area contributed by atoms with Gasteiger partial charge in [-0.2, -0.15) is 0 Å². The molecule has 19 heavy (non-hydrogen) atoms. The van der Waals surface area contributed by atoms with E-state index in [1.54, 1.807) is 11.8 Å². The van der Waals surface area contributed by atoms with Crippen LogP contribution in [-0.2, 0) is 20.1 Å². The molecule has 0 spiro atoms. The molecule has 6 nitrogen and oxygen atoms in total. The maximum Gasteiger partial charge on any atom is 0.190 e. The first-order chi connectivity index (χ1) is 9.22. The fraction of sp³-hybridized carbons (Fsp3) is 0.583. The van der Waals surface area contributed by atoms with Gasteiger partial charge in [-0.05, 0) is 20.4 Å². The second kappa shape index (κ2) is 6.72. The minimum atomic E-state index is 0.748. The van der Waals surface area contributed by atoms with E-state index in [9.17, 15) is 0 Å². The van der Waals surface area contributed by atoms with Gasteiger partial charge in [-0.3, -0.25) is 0 Å². The van der Waals surface area contributed by atoms with Gasteiger partial charge in [0.1, 0.15) is 11.6 Å². The third-order valence-electron chi connectivity index (χ3n) is 2.96. The fourth-order valence-electron chi connectivity index (χ4n) is 1.82. The smallest absolute Gasteiger partial charge is 0.190 e. The minimum Gasteiger partial charge on any atom is -0.335 e. The Morgan fingerprint density at radius 2 is 2.21 bits per heavy atom. The average molecular weight is 280 g/mol. The third-order valence-corrected chi connectivity index (χ3v) is 4.06. The van der Waals surface area contributed by atoms with Gasteiger partial charge in [-0.1, -0.05) is 11.8 Å². The van der Waals surface area contributed by atoms with Crippen molar-refractivity contribution in [3.8, 4) is 0 Å². The monoisotopic (exact) mass is 280 g/mol. The van der Waals surface area contributed by atoms with E-state index in [0.717, 1.165) is 42.1 Å². The van der Waals surface area contributed by atoms with Crippen LogP contribution in [0, 0.1) is 6.92 Å². The maximum absolute atomic E-state index is 4.21. The van der Waals surface area contributed by atoms with Crippen LogP contribution in [0.3, 0.4) is 0 Å². The topological polar surface area (TPSA) is 60.6 Å². The normalized spacial score (nSPS) is 11.1. The van der Waals surface area contributed by atoms with Gasteiger partial charge in [0.2, 0.25) is 0 Å². The Morgan fingerprint density at radius 3 is 2.89 bits per heavy atom. The van der Waals surface area contributed by atoms with Crippen molar-refractivity contribution >= 4 is 11.8 Å². The van der Waals surface area contributed by atoms with Gasteiger partial charge < -0.3 is 14.5 Å². The minimum absolute atomic E-state index is 0.748. The van der Waals surface area contributed by atoms with Crippen LogP contribution in [-0.4, -0.2) is 37.1 Å². The summed E-state index contributed by atoms with van der Waals surface area (Å²) in [6, 6.07) is 0. The molecule has 104 valence electrons. The number of hydrogen-bond donors (Lipinski definition) is 1. The Bertz CT molecular complexity index is 518. The van der Waals surface area contributed by atoms with Gasteiger partial charge in [0.25, 0.3) is 0 Å². The summed E-state index contributed by atoms with van der Waals surface area (Å²) in [6.45, 7) is 3.78. The van der Waals surface area contributed by atoms with Crippen molar-refractivity contribution in [3.05, 3.63) is 24.0 Å². The predicted octanol–water partition coefficient (Wildman–Crippen LogP) is 1.22. The SMILES string of the molecule is CNCc1nnc(SCCCn2ccnc2C)n1C. The molecule has 2 rings (SSSR count). The summed E-state index contributed by atoms with van der Waals surface area (Å²) in [6.07, 6.45) is 4.96. The van der Waals surface area contributed by atoms with Crippen LogP contribution in [0.25, 0.3) is 0 Å². The van der Waals surface area contributed by atoms with Crippen molar-refractivity contribution in [1.29, 1.82) is 0 Å². The number of nitrogens with zero attached hydrogens (tertiary/aromatic N) is 5. The van der Waals surface area contributed by atoms with E-state index in [4.69, 9.17) is 0 Å². The van der Waals surface area contributed by atoms with E-state index in [1.165, 1.54) is 0 Å². The van der Waals surface area contributed by atoms with Crippen LogP contribution < -0.4 is 5.32 Å². The molecule has 0 atom stereocenters. The molecular weight excluding hydrogens is 260 g/mol. The molecule has 2 aromatic heterocycles. The van der Waals surface area contributed by atoms with E-state index in [1.807, 2.05) is 38.0 Å². The summed E-state index contributed by atoms with van der Waals surface area (Å²) < 4.78 is 4.22. The van der Waals surface area contributed by atoms with Gasteiger partial charge in [0, 0.05) is 31.7 Å². The first-order valence-corrected chi connectivity index (χ1v) is 7.34. The number of rotatable bonds is 7. The number of thioether (sulfide) groups is 1. The molecule has 0 radical (unpaired) electrons. The molecule has 1 N–H and O–H groups in total. The first kappa shape index (κ1) is 14.1. The van der Waals surface area contributed by atoms with Crippen molar-refractivity contribution in [3.63, 3.8) is 0 Å². The summed E-state index contributed by atoms with van der Waals surface area (Å²) in [5, 5.41) is 12.4. The second-order valence-electron chi connectivity index (χ2n) is 4.36. The molecule has 0 aliphatic heterocycles. The Labute approximate surface area is 117 Å². The van der Waals surface area contributed by atoms with Gasteiger partial charge in [0.15, 0.2) is 5.16 Å². The molecule has 0 aliphatic carbocycles. The molecule has 2 heterocycles. The highest BCUT2D eigenvalue weighted by atomic mass is 32.2. The van der Waals surface area contributed by atoms with Gasteiger partial charge in [0.05, 0.1) is 6.54 Å². The van der Waals surface area contributed by atoms with Crippen molar-refractivity contribution in [2.45, 2.75) is 31.6 Å². The molecule has 0 aliphatic rings. The number of hydrogen-bond acceptors (Lipinski definition) is 5. The van der Waals surface area contributed by atoms with Gasteiger partial charge in [-0.25, -0.2) is 4.98 Å². The van der Waals surface area contributed by atoms with Crippen molar-refractivity contribution in [1.82, 2.24) is 29.6 Å². The predicted molar refractivity (Wildman–Crippen MR) is 76.1 cm³/mol. The molecule has 0 unspecified atom stereocenters. The summed E-state index contributed by atoms with van der Waals surface area (Å²) in [7, 11) is 3.92. The Balaban J connectivity index is 1.78. The van der Waals surface area contributed by atoms with Gasteiger partial charge in [-0.15, -0.1) is 10.2 Å². The quantitative estimate of drug-likeness (QED) is 0.610. The Hall–Kier alpha value is -1.34. The molecule has 7 heteroatoms. The summed E-state index contributed by atoms with van der Waals surface area (Å²) in [4.78, 5) is 4.21. The van der Waals surface area contributed by atoms with Crippen molar-refractivity contribution in [2.75, 3.05) is 12.8 Å². The zero-order valence-electron chi connectivity index (χ0n) is 11.6.